The van der Waals surface area contributed by atoms with Crippen LogP contribution in [-0.4, -0.2) is 50.5 Å². The van der Waals surface area contributed by atoms with Crippen LogP contribution in [0.5, 0.6) is 0 Å². The number of hydrogen-bond donors (Lipinski definition) is 1. The van der Waals surface area contributed by atoms with Crippen molar-refractivity contribution in [3.8, 4) is 0 Å². The molecule has 0 bridgehead atoms. The highest BCUT2D eigenvalue weighted by Crippen LogP contribution is 2.28. The zero-order valence-corrected chi connectivity index (χ0v) is 21.6. The minimum Gasteiger partial charge on any atom is -0.354 e. The van der Waals surface area contributed by atoms with Crippen LogP contribution in [0, 0.1) is 0 Å². The van der Waals surface area contributed by atoms with Gasteiger partial charge in [-0.2, -0.15) is 0 Å². The van der Waals surface area contributed by atoms with E-state index in [4.69, 9.17) is 11.6 Å². The van der Waals surface area contributed by atoms with E-state index < -0.39 is 28.5 Å². The molecule has 0 spiro atoms. The van der Waals surface area contributed by atoms with Gasteiger partial charge in [-0.3, -0.25) is 13.9 Å². The van der Waals surface area contributed by atoms with Crippen molar-refractivity contribution in [1.29, 1.82) is 0 Å². The molecule has 3 aromatic rings. The highest BCUT2D eigenvalue weighted by molar-refractivity contribution is 7.92. The normalized spacial score (nSPS) is 12.2. The van der Waals surface area contributed by atoms with E-state index in [-0.39, 0.29) is 12.5 Å². The predicted octanol–water partition coefficient (Wildman–Crippen LogP) is 4.20. The first-order valence-electron chi connectivity index (χ1n) is 11.4. The molecule has 0 aliphatic rings. The van der Waals surface area contributed by atoms with E-state index in [1.807, 2.05) is 43.3 Å². The fourth-order valence-corrected chi connectivity index (χ4v) is 4.91. The number of halogens is 1. The highest BCUT2D eigenvalue weighted by Gasteiger charge is 2.30. The Morgan fingerprint density at radius 1 is 1.03 bits per heavy atom. The van der Waals surface area contributed by atoms with Gasteiger partial charge in [-0.1, -0.05) is 67.1 Å². The monoisotopic (exact) mass is 515 g/mol. The van der Waals surface area contributed by atoms with Crippen LogP contribution in [0.4, 0.5) is 5.69 Å². The van der Waals surface area contributed by atoms with Crippen molar-refractivity contribution >= 4 is 49.9 Å². The number of nitrogens with one attached hydrogen (secondary N) is 1. The Morgan fingerprint density at radius 3 is 2.40 bits per heavy atom. The first-order chi connectivity index (χ1) is 16.6. The zero-order chi connectivity index (χ0) is 25.6. The molecule has 2 amide bonds. The van der Waals surface area contributed by atoms with Gasteiger partial charge in [0.2, 0.25) is 21.8 Å². The Labute approximate surface area is 211 Å². The summed E-state index contributed by atoms with van der Waals surface area (Å²) in [5.41, 5.74) is 1.14. The van der Waals surface area contributed by atoms with Gasteiger partial charge in [0.1, 0.15) is 12.6 Å². The van der Waals surface area contributed by atoms with E-state index in [0.29, 0.717) is 22.6 Å². The Bertz CT molecular complexity index is 1310. The Kier molecular flexibility index (Phi) is 8.75. The van der Waals surface area contributed by atoms with Gasteiger partial charge < -0.3 is 10.2 Å². The lowest BCUT2D eigenvalue weighted by Crippen LogP contribution is -2.51. The molecule has 0 radical (unpaired) electrons. The van der Waals surface area contributed by atoms with Gasteiger partial charge in [0.15, 0.2) is 0 Å². The second-order valence-corrected chi connectivity index (χ2v) is 10.7. The molecular weight excluding hydrogens is 486 g/mol. The number of carbonyl (C=O) groups is 2. The lowest BCUT2D eigenvalue weighted by atomic mass is 10.1. The summed E-state index contributed by atoms with van der Waals surface area (Å²) in [4.78, 5) is 27.8. The highest BCUT2D eigenvalue weighted by atomic mass is 35.5. The lowest BCUT2D eigenvalue weighted by Gasteiger charge is -2.31. The third-order valence-electron chi connectivity index (χ3n) is 5.67. The Morgan fingerprint density at radius 2 is 1.71 bits per heavy atom. The van der Waals surface area contributed by atoms with Crippen LogP contribution in [-0.2, 0) is 26.2 Å². The molecule has 0 fully saturated rings. The van der Waals surface area contributed by atoms with E-state index in [2.05, 4.69) is 5.32 Å². The van der Waals surface area contributed by atoms with Gasteiger partial charge in [0.25, 0.3) is 0 Å². The molecule has 9 heteroatoms. The molecule has 1 N–H and O–H groups in total. The molecular formula is C26H30ClN3O4S. The molecule has 0 aliphatic carbocycles. The number of benzene rings is 3. The molecule has 3 rings (SSSR count). The number of carbonyl (C=O) groups excluding carboxylic acids is 2. The minimum atomic E-state index is -3.81. The van der Waals surface area contributed by atoms with Gasteiger partial charge in [-0.25, -0.2) is 8.42 Å². The van der Waals surface area contributed by atoms with E-state index >= 15 is 0 Å². The van der Waals surface area contributed by atoms with Gasteiger partial charge in [-0.05, 0) is 42.5 Å². The average molecular weight is 516 g/mol. The summed E-state index contributed by atoms with van der Waals surface area (Å²) in [6, 6.07) is 18.9. The van der Waals surface area contributed by atoms with Gasteiger partial charge in [0.05, 0.1) is 11.9 Å². The second kappa shape index (κ2) is 11.6. The van der Waals surface area contributed by atoms with E-state index in [1.54, 1.807) is 37.3 Å². The van der Waals surface area contributed by atoms with Crippen LogP contribution in [0.3, 0.4) is 0 Å². The largest absolute Gasteiger partial charge is 0.354 e. The first kappa shape index (κ1) is 26.5. The fraction of sp³-hybridized carbons (Fsp3) is 0.308. The van der Waals surface area contributed by atoms with Crippen LogP contribution >= 0.6 is 11.6 Å². The predicted molar refractivity (Wildman–Crippen MR) is 141 cm³/mol. The first-order valence-corrected chi connectivity index (χ1v) is 13.6. The van der Waals surface area contributed by atoms with Crippen molar-refractivity contribution in [2.24, 2.45) is 0 Å². The summed E-state index contributed by atoms with van der Waals surface area (Å²) in [6.07, 6.45) is 1.82. The maximum atomic E-state index is 13.6. The van der Waals surface area contributed by atoms with Crippen molar-refractivity contribution in [2.45, 2.75) is 32.9 Å². The number of anilines is 1. The maximum Gasteiger partial charge on any atom is 0.244 e. The summed E-state index contributed by atoms with van der Waals surface area (Å²) >= 11 is 6.13. The number of amides is 2. The van der Waals surface area contributed by atoms with E-state index in [9.17, 15) is 18.0 Å². The van der Waals surface area contributed by atoms with Crippen LogP contribution in [0.1, 0.15) is 25.8 Å². The number of rotatable bonds is 10. The minimum absolute atomic E-state index is 0.104. The molecule has 186 valence electrons. The van der Waals surface area contributed by atoms with Crippen LogP contribution in [0.15, 0.2) is 66.7 Å². The molecule has 0 heterocycles. The quantitative estimate of drug-likeness (QED) is 0.438. The van der Waals surface area contributed by atoms with Crippen molar-refractivity contribution < 1.29 is 18.0 Å². The zero-order valence-electron chi connectivity index (χ0n) is 20.1. The topological polar surface area (TPSA) is 86.8 Å². The molecule has 1 unspecified atom stereocenters. The number of fused-ring (bicyclic) bond motifs is 1. The van der Waals surface area contributed by atoms with Gasteiger partial charge >= 0.3 is 0 Å². The molecule has 0 aromatic heterocycles. The van der Waals surface area contributed by atoms with Crippen molar-refractivity contribution in [2.75, 3.05) is 23.7 Å². The van der Waals surface area contributed by atoms with Crippen molar-refractivity contribution in [1.82, 2.24) is 10.2 Å². The van der Waals surface area contributed by atoms with Gasteiger partial charge in [-0.15, -0.1) is 0 Å². The summed E-state index contributed by atoms with van der Waals surface area (Å²) in [6.45, 7) is 3.71. The average Bonchev–Trinajstić information content (AvgIpc) is 2.83. The molecule has 1 atom stereocenters. The number of nitrogens with zero attached hydrogens (tertiary/aromatic N) is 2. The number of sulfonamides is 1. The Hall–Kier alpha value is -3.10. The smallest absolute Gasteiger partial charge is 0.244 e. The van der Waals surface area contributed by atoms with Crippen LogP contribution < -0.4 is 9.62 Å². The lowest BCUT2D eigenvalue weighted by molar-refractivity contribution is -0.139. The molecule has 7 nitrogen and oxygen atoms in total. The third-order valence-corrected chi connectivity index (χ3v) is 7.03. The SMILES string of the molecule is CCCNC(=O)C(C)N(Cc1cccc(Cl)c1)C(=O)CN(c1cccc2ccccc12)S(C)(=O)=O. The van der Waals surface area contributed by atoms with Gasteiger partial charge in [0, 0.05) is 23.5 Å². The second-order valence-electron chi connectivity index (χ2n) is 8.39. The van der Waals surface area contributed by atoms with Crippen molar-refractivity contribution in [3.05, 3.63) is 77.3 Å². The molecule has 3 aromatic carbocycles. The number of hydrogen-bond acceptors (Lipinski definition) is 4. The van der Waals surface area contributed by atoms with Crippen LogP contribution in [0.25, 0.3) is 10.8 Å². The maximum absolute atomic E-state index is 13.6. The van der Waals surface area contributed by atoms with Crippen LogP contribution in [0.2, 0.25) is 5.02 Å². The van der Waals surface area contributed by atoms with E-state index in [0.717, 1.165) is 27.9 Å². The summed E-state index contributed by atoms with van der Waals surface area (Å²) in [7, 11) is -3.81. The molecule has 0 aliphatic heterocycles. The summed E-state index contributed by atoms with van der Waals surface area (Å²) in [5.74, 6) is -0.805. The summed E-state index contributed by atoms with van der Waals surface area (Å²) < 4.78 is 26.8. The fourth-order valence-electron chi connectivity index (χ4n) is 3.83. The van der Waals surface area contributed by atoms with Crippen molar-refractivity contribution in [3.63, 3.8) is 0 Å². The van der Waals surface area contributed by atoms with E-state index in [1.165, 1.54) is 4.90 Å². The molecule has 0 saturated carbocycles. The standard InChI is InChI=1S/C26H30ClN3O4S/c1-4-15-28-26(32)19(2)29(17-20-9-7-12-22(27)16-20)25(31)18-30(35(3,33)34)24-14-8-11-21-10-5-6-13-23(21)24/h5-14,16,19H,4,15,17-18H2,1-3H3,(H,28,32). The molecule has 35 heavy (non-hydrogen) atoms. The Balaban J connectivity index is 1.98. The molecule has 0 saturated heterocycles. The third kappa shape index (κ3) is 6.74. The summed E-state index contributed by atoms with van der Waals surface area (Å²) in [5, 5.41) is 4.89.